The lowest BCUT2D eigenvalue weighted by Crippen LogP contribution is -2.17. The molecule has 3 rings (SSSR count). The number of methoxy groups -OCH3 is 1. The number of carbonyl (C=O) groups excluding carboxylic acids is 1. The first-order valence-corrected chi connectivity index (χ1v) is 9.86. The number of rotatable bonds is 7. The molecule has 1 N–H and O–H groups in total. The van der Waals surface area contributed by atoms with Gasteiger partial charge in [-0.1, -0.05) is 45.7 Å². The second-order valence-corrected chi connectivity index (χ2v) is 7.39. The topological polar surface area (TPSA) is 59.9 Å². The Labute approximate surface area is 182 Å². The Morgan fingerprint density at radius 2 is 1.90 bits per heavy atom. The molecule has 7 heteroatoms. The standard InChI is InChI=1S/C22H18BrClN2O3/c1-28-21-11-16(13-25-26-22(27)17-3-2-4-18(23)12-17)7-10-20(21)29-14-15-5-8-19(24)9-6-15/h2-13H,14H2,1H3,(H,26,27)/b25-13-. The van der Waals surface area contributed by atoms with Crippen LogP contribution in [0.2, 0.25) is 5.02 Å². The van der Waals surface area contributed by atoms with Crippen molar-refractivity contribution in [3.05, 3.63) is 92.9 Å². The Bertz CT molecular complexity index is 1020. The van der Waals surface area contributed by atoms with Gasteiger partial charge in [0.05, 0.1) is 13.3 Å². The van der Waals surface area contributed by atoms with Gasteiger partial charge in [0.1, 0.15) is 6.61 Å². The van der Waals surface area contributed by atoms with E-state index in [1.165, 1.54) is 0 Å². The lowest BCUT2D eigenvalue weighted by molar-refractivity contribution is 0.0955. The second kappa shape index (κ2) is 10.1. The summed E-state index contributed by atoms with van der Waals surface area (Å²) in [5.41, 5.74) is 4.78. The van der Waals surface area contributed by atoms with Gasteiger partial charge < -0.3 is 9.47 Å². The summed E-state index contributed by atoms with van der Waals surface area (Å²) in [5.74, 6) is 0.886. The Morgan fingerprint density at radius 3 is 2.62 bits per heavy atom. The van der Waals surface area contributed by atoms with Crippen LogP contribution >= 0.6 is 27.5 Å². The highest BCUT2D eigenvalue weighted by Gasteiger charge is 2.07. The highest BCUT2D eigenvalue weighted by Crippen LogP contribution is 2.28. The van der Waals surface area contributed by atoms with E-state index in [1.54, 1.807) is 43.7 Å². The molecule has 0 spiro atoms. The van der Waals surface area contributed by atoms with E-state index in [4.69, 9.17) is 21.1 Å². The van der Waals surface area contributed by atoms with Crippen LogP contribution in [0.25, 0.3) is 0 Å². The molecule has 3 aromatic carbocycles. The molecular formula is C22H18BrClN2O3. The number of carbonyl (C=O) groups is 1. The maximum Gasteiger partial charge on any atom is 0.271 e. The molecule has 0 radical (unpaired) electrons. The molecule has 0 saturated carbocycles. The van der Waals surface area contributed by atoms with Crippen molar-refractivity contribution in [2.24, 2.45) is 5.10 Å². The van der Waals surface area contributed by atoms with E-state index in [9.17, 15) is 4.79 Å². The first kappa shape index (κ1) is 20.9. The molecule has 148 valence electrons. The monoisotopic (exact) mass is 472 g/mol. The van der Waals surface area contributed by atoms with Gasteiger partial charge in [-0.3, -0.25) is 4.79 Å². The summed E-state index contributed by atoms with van der Waals surface area (Å²) in [6.45, 7) is 0.393. The normalized spacial score (nSPS) is 10.7. The fourth-order valence-electron chi connectivity index (χ4n) is 2.49. The molecular weight excluding hydrogens is 456 g/mol. The predicted molar refractivity (Wildman–Crippen MR) is 118 cm³/mol. The first-order chi connectivity index (χ1) is 14.0. The Kier molecular flexibility index (Phi) is 7.27. The summed E-state index contributed by atoms with van der Waals surface area (Å²) in [5, 5.41) is 4.69. The molecule has 3 aromatic rings. The average Bonchev–Trinajstić information content (AvgIpc) is 2.73. The van der Waals surface area contributed by atoms with Crippen molar-refractivity contribution in [1.82, 2.24) is 5.43 Å². The molecule has 0 aromatic heterocycles. The lowest BCUT2D eigenvalue weighted by atomic mass is 10.2. The summed E-state index contributed by atoms with van der Waals surface area (Å²) < 4.78 is 12.1. The van der Waals surface area contributed by atoms with Gasteiger partial charge in [-0.15, -0.1) is 0 Å². The number of benzene rings is 3. The third kappa shape index (κ3) is 6.07. The van der Waals surface area contributed by atoms with Crippen molar-refractivity contribution < 1.29 is 14.3 Å². The van der Waals surface area contributed by atoms with E-state index < -0.39 is 0 Å². The number of ether oxygens (including phenoxy) is 2. The van der Waals surface area contributed by atoms with Gasteiger partial charge in [-0.2, -0.15) is 5.10 Å². The van der Waals surface area contributed by atoms with E-state index in [1.807, 2.05) is 36.4 Å². The quantitative estimate of drug-likeness (QED) is 0.366. The van der Waals surface area contributed by atoms with E-state index in [0.29, 0.717) is 28.7 Å². The van der Waals surface area contributed by atoms with Crippen LogP contribution in [-0.2, 0) is 6.61 Å². The number of hydrogen-bond acceptors (Lipinski definition) is 4. The largest absolute Gasteiger partial charge is 0.493 e. The van der Waals surface area contributed by atoms with Gasteiger partial charge in [-0.25, -0.2) is 5.43 Å². The lowest BCUT2D eigenvalue weighted by Gasteiger charge is -2.11. The molecule has 0 saturated heterocycles. The third-order valence-electron chi connectivity index (χ3n) is 3.96. The minimum atomic E-state index is -0.294. The van der Waals surface area contributed by atoms with Gasteiger partial charge in [0, 0.05) is 15.1 Å². The average molecular weight is 474 g/mol. The SMILES string of the molecule is COc1cc(/C=N\NC(=O)c2cccc(Br)c2)ccc1OCc1ccc(Cl)cc1. The van der Waals surface area contributed by atoms with Crippen molar-refractivity contribution in [2.75, 3.05) is 7.11 Å². The first-order valence-electron chi connectivity index (χ1n) is 8.69. The van der Waals surface area contributed by atoms with Crippen LogP contribution in [0.5, 0.6) is 11.5 Å². The van der Waals surface area contributed by atoms with Gasteiger partial charge in [-0.05, 0) is 59.7 Å². The minimum absolute atomic E-state index is 0.294. The van der Waals surface area contributed by atoms with Gasteiger partial charge in [0.25, 0.3) is 5.91 Å². The molecule has 1 amide bonds. The van der Waals surface area contributed by atoms with Crippen LogP contribution in [0.1, 0.15) is 21.5 Å². The van der Waals surface area contributed by atoms with Crippen molar-refractivity contribution in [1.29, 1.82) is 0 Å². The minimum Gasteiger partial charge on any atom is -0.493 e. The third-order valence-corrected chi connectivity index (χ3v) is 4.71. The Hall–Kier alpha value is -2.83. The number of amides is 1. The van der Waals surface area contributed by atoms with Crippen molar-refractivity contribution in [3.63, 3.8) is 0 Å². The van der Waals surface area contributed by atoms with Gasteiger partial charge in [0.2, 0.25) is 0 Å². The highest BCUT2D eigenvalue weighted by atomic mass is 79.9. The van der Waals surface area contributed by atoms with Crippen LogP contribution in [0, 0.1) is 0 Å². The number of nitrogens with zero attached hydrogens (tertiary/aromatic N) is 1. The smallest absolute Gasteiger partial charge is 0.271 e. The summed E-state index contributed by atoms with van der Waals surface area (Å²) in [6, 6.07) is 19.9. The molecule has 0 heterocycles. The van der Waals surface area contributed by atoms with Crippen LogP contribution in [0.15, 0.2) is 76.3 Å². The van der Waals surface area contributed by atoms with E-state index in [-0.39, 0.29) is 5.91 Å². The molecule has 0 aliphatic carbocycles. The summed E-state index contributed by atoms with van der Waals surface area (Å²) in [6.07, 6.45) is 1.54. The molecule has 29 heavy (non-hydrogen) atoms. The fraction of sp³-hybridized carbons (Fsp3) is 0.0909. The maximum absolute atomic E-state index is 12.1. The molecule has 0 fully saturated rings. The number of hydrazone groups is 1. The molecule has 5 nitrogen and oxygen atoms in total. The van der Waals surface area contributed by atoms with Crippen molar-refractivity contribution in [3.8, 4) is 11.5 Å². The second-order valence-electron chi connectivity index (χ2n) is 6.03. The van der Waals surface area contributed by atoms with E-state index >= 15 is 0 Å². The van der Waals surface area contributed by atoms with E-state index in [0.717, 1.165) is 15.6 Å². The summed E-state index contributed by atoms with van der Waals surface area (Å²) in [4.78, 5) is 12.1. The molecule has 0 unspecified atom stereocenters. The van der Waals surface area contributed by atoms with Crippen LogP contribution in [-0.4, -0.2) is 19.2 Å². The Balaban J connectivity index is 1.62. The molecule has 0 atom stereocenters. The fourth-order valence-corrected chi connectivity index (χ4v) is 3.01. The van der Waals surface area contributed by atoms with Crippen LogP contribution < -0.4 is 14.9 Å². The van der Waals surface area contributed by atoms with Gasteiger partial charge >= 0.3 is 0 Å². The van der Waals surface area contributed by atoms with Crippen LogP contribution in [0.3, 0.4) is 0 Å². The number of nitrogens with one attached hydrogen (secondary N) is 1. The zero-order valence-electron chi connectivity index (χ0n) is 15.6. The number of halogens is 2. The Morgan fingerprint density at radius 1 is 1.10 bits per heavy atom. The summed E-state index contributed by atoms with van der Waals surface area (Å²) >= 11 is 9.23. The van der Waals surface area contributed by atoms with Crippen molar-refractivity contribution >= 4 is 39.7 Å². The van der Waals surface area contributed by atoms with Gasteiger partial charge in [0.15, 0.2) is 11.5 Å². The highest BCUT2D eigenvalue weighted by molar-refractivity contribution is 9.10. The van der Waals surface area contributed by atoms with Crippen LogP contribution in [0.4, 0.5) is 0 Å². The number of hydrogen-bond donors (Lipinski definition) is 1. The zero-order chi connectivity index (χ0) is 20.6. The maximum atomic E-state index is 12.1. The predicted octanol–water partition coefficient (Wildman–Crippen LogP) is 5.45. The summed E-state index contributed by atoms with van der Waals surface area (Å²) in [7, 11) is 1.57. The molecule has 0 aliphatic heterocycles. The zero-order valence-corrected chi connectivity index (χ0v) is 17.9. The van der Waals surface area contributed by atoms with E-state index in [2.05, 4.69) is 26.5 Å². The molecule has 0 bridgehead atoms. The van der Waals surface area contributed by atoms with Crippen molar-refractivity contribution in [2.45, 2.75) is 6.61 Å². The molecule has 0 aliphatic rings.